The summed E-state index contributed by atoms with van der Waals surface area (Å²) in [5.41, 5.74) is -0.0966. The molecule has 0 radical (unpaired) electrons. The number of hydrogen-bond donors (Lipinski definition) is 0. The van der Waals surface area contributed by atoms with Crippen LogP contribution in [0.3, 0.4) is 0 Å². The van der Waals surface area contributed by atoms with E-state index >= 15 is 0 Å². The van der Waals surface area contributed by atoms with Gasteiger partial charge in [-0.3, -0.25) is 14.2 Å². The van der Waals surface area contributed by atoms with Crippen LogP contribution < -0.4 is 16.0 Å². The molecular weight excluding hydrogens is 537 g/mol. The van der Waals surface area contributed by atoms with Gasteiger partial charge in [0.15, 0.2) is 0 Å². The van der Waals surface area contributed by atoms with E-state index in [1.54, 1.807) is 43.2 Å². The summed E-state index contributed by atoms with van der Waals surface area (Å²) < 4.78 is 30.2. The molecule has 5 rings (SSSR count). The predicted molar refractivity (Wildman–Crippen MR) is 150 cm³/mol. The molecule has 1 aliphatic heterocycles. The monoisotopic (exact) mass is 567 g/mol. The fourth-order valence-electron chi connectivity index (χ4n) is 5.10. The van der Waals surface area contributed by atoms with Gasteiger partial charge in [0.2, 0.25) is 5.91 Å². The number of nitrogens with zero attached hydrogens (tertiary/aromatic N) is 5. The van der Waals surface area contributed by atoms with Gasteiger partial charge in [-0.05, 0) is 44.0 Å². The number of likely N-dealkylation sites (N-methyl/N-ethyl adjacent to an activating group) is 1. The number of benzene rings is 1. The second-order valence-corrected chi connectivity index (χ2v) is 10.6. The average Bonchev–Trinajstić information content (AvgIpc) is 3.66. The Bertz CT molecular complexity index is 1690. The second-order valence-electron chi connectivity index (χ2n) is 9.62. The van der Waals surface area contributed by atoms with Crippen LogP contribution in [0.25, 0.3) is 15.2 Å². The lowest BCUT2D eigenvalue weighted by atomic mass is 10.1. The van der Waals surface area contributed by atoms with Gasteiger partial charge >= 0.3 is 5.69 Å². The van der Waals surface area contributed by atoms with Crippen molar-refractivity contribution in [2.24, 2.45) is 0 Å². The van der Waals surface area contributed by atoms with Crippen molar-refractivity contribution in [3.8, 4) is 10.8 Å². The van der Waals surface area contributed by atoms with E-state index < -0.39 is 29.2 Å². The molecule has 4 aromatic rings. The molecule has 0 saturated carbocycles. The quantitative estimate of drug-likeness (QED) is 0.215. The van der Waals surface area contributed by atoms with E-state index in [2.05, 4.69) is 11.7 Å². The lowest BCUT2D eigenvalue weighted by Gasteiger charge is -2.23. The minimum Gasteiger partial charge on any atom is -0.496 e. The Kier molecular flexibility index (Phi) is 7.72. The summed E-state index contributed by atoms with van der Waals surface area (Å²) in [7, 11) is 3.12. The zero-order valence-electron chi connectivity index (χ0n) is 22.5. The van der Waals surface area contributed by atoms with Crippen LogP contribution in [0, 0.1) is 12.7 Å². The van der Waals surface area contributed by atoms with Gasteiger partial charge in [0.25, 0.3) is 5.56 Å². The number of ether oxygens (including phenoxy) is 2. The number of aromatic nitrogens is 4. The highest BCUT2D eigenvalue weighted by molar-refractivity contribution is 7.21. The number of rotatable bonds is 10. The molecule has 2 atom stereocenters. The van der Waals surface area contributed by atoms with Crippen LogP contribution in [0.1, 0.15) is 36.1 Å². The van der Waals surface area contributed by atoms with Crippen LogP contribution in [0.15, 0.2) is 58.9 Å². The van der Waals surface area contributed by atoms with E-state index in [4.69, 9.17) is 9.47 Å². The number of carbonyl (C=O) groups excluding carboxylic acids is 1. The van der Waals surface area contributed by atoms with Gasteiger partial charge in [-0.15, -0.1) is 6.58 Å². The molecule has 1 aromatic carbocycles. The van der Waals surface area contributed by atoms with E-state index in [0.717, 1.165) is 4.57 Å². The van der Waals surface area contributed by atoms with Gasteiger partial charge in [-0.25, -0.2) is 18.4 Å². The van der Waals surface area contributed by atoms with E-state index in [0.29, 0.717) is 51.5 Å². The minimum absolute atomic E-state index is 0.0538. The highest BCUT2D eigenvalue weighted by atomic mass is 32.1. The van der Waals surface area contributed by atoms with E-state index in [1.165, 1.54) is 46.1 Å². The molecule has 10 nitrogen and oxygen atoms in total. The van der Waals surface area contributed by atoms with Crippen LogP contribution in [-0.2, 0) is 16.1 Å². The summed E-state index contributed by atoms with van der Waals surface area (Å²) in [6.45, 7) is 6.17. The van der Waals surface area contributed by atoms with Crippen LogP contribution in [0.2, 0.25) is 0 Å². The Morgan fingerprint density at radius 3 is 2.75 bits per heavy atom. The van der Waals surface area contributed by atoms with E-state index in [-0.39, 0.29) is 19.1 Å². The number of methoxy groups -OCH3 is 1. The molecule has 1 fully saturated rings. The van der Waals surface area contributed by atoms with Crippen molar-refractivity contribution < 1.29 is 18.7 Å². The Morgan fingerprint density at radius 1 is 1.30 bits per heavy atom. The minimum atomic E-state index is -0.919. The van der Waals surface area contributed by atoms with Crippen molar-refractivity contribution in [2.45, 2.75) is 38.5 Å². The number of likely N-dealkylation sites (tertiary alicyclic amines) is 1. The summed E-state index contributed by atoms with van der Waals surface area (Å²) in [4.78, 5) is 42.9. The van der Waals surface area contributed by atoms with Crippen LogP contribution in [-0.4, -0.2) is 57.0 Å². The fraction of sp³-hybridized carbons (Fsp3) is 0.357. The third-order valence-electron chi connectivity index (χ3n) is 7.17. The summed E-state index contributed by atoms with van der Waals surface area (Å²) >= 11 is 1.25. The molecule has 3 aromatic heterocycles. The van der Waals surface area contributed by atoms with Crippen LogP contribution in [0.5, 0.6) is 5.75 Å². The predicted octanol–water partition coefficient (Wildman–Crippen LogP) is 3.60. The molecule has 1 saturated heterocycles. The topological polar surface area (TPSA) is 101 Å². The third-order valence-corrected chi connectivity index (χ3v) is 8.47. The number of aryl methyl sites for hydroxylation is 1. The van der Waals surface area contributed by atoms with Gasteiger partial charge in [0, 0.05) is 37.1 Å². The van der Waals surface area contributed by atoms with Crippen molar-refractivity contribution >= 4 is 27.5 Å². The van der Waals surface area contributed by atoms with E-state index in [1.807, 2.05) is 0 Å². The van der Waals surface area contributed by atoms with Crippen molar-refractivity contribution in [3.05, 3.63) is 87.1 Å². The summed E-state index contributed by atoms with van der Waals surface area (Å²) in [6.07, 6.45) is 5.14. The molecule has 0 aliphatic carbocycles. The Morgan fingerprint density at radius 2 is 2.10 bits per heavy atom. The second kappa shape index (κ2) is 11.2. The first kappa shape index (κ1) is 27.5. The number of fused-ring (bicyclic) bond motifs is 1. The highest BCUT2D eigenvalue weighted by Gasteiger charge is 2.35. The summed E-state index contributed by atoms with van der Waals surface area (Å²) in [6, 6.07) is 4.96. The summed E-state index contributed by atoms with van der Waals surface area (Å²) in [5.74, 6) is -0.381. The first-order valence-electron chi connectivity index (χ1n) is 12.9. The molecule has 0 spiro atoms. The van der Waals surface area contributed by atoms with Crippen molar-refractivity contribution in [1.82, 2.24) is 23.8 Å². The molecule has 1 amide bonds. The van der Waals surface area contributed by atoms with Gasteiger partial charge in [0.05, 0.1) is 25.6 Å². The first-order valence-corrected chi connectivity index (χ1v) is 13.7. The highest BCUT2D eigenvalue weighted by Crippen LogP contribution is 2.34. The maximum absolute atomic E-state index is 14.4. The molecule has 0 bridgehead atoms. The van der Waals surface area contributed by atoms with Gasteiger partial charge in [-0.2, -0.15) is 5.10 Å². The average molecular weight is 568 g/mol. The number of halogens is 1. The Labute approximate surface area is 233 Å². The third kappa shape index (κ3) is 4.77. The standard InChI is InChI=1S/C28H30FN5O5S/c1-5-6-14-39-22(19-15-18(29)8-9-21(19)38-4)16-32-27-23(17(2)26(40-27)33-12-7-11-30-33)25(36)34(28(32)37)20-10-13-31(3)24(20)35/h5,7-9,11-12,15,20,22H,1,6,10,13-14,16H2,2-4H3/t20-,22-/m0/s1. The molecule has 40 heavy (non-hydrogen) atoms. The number of carbonyl (C=O) groups is 1. The SMILES string of the molecule is C=CCCO[C@@H](Cn1c(=O)n([C@H]2CCN(C)C2=O)c(=O)c2c(C)c(-n3cccn3)sc21)c1cc(F)ccc1OC. The molecule has 4 heterocycles. The van der Waals surface area contributed by atoms with Crippen LogP contribution >= 0.6 is 11.3 Å². The molecule has 0 N–H and O–H groups in total. The molecular formula is C28H30FN5O5S. The maximum Gasteiger partial charge on any atom is 0.332 e. The lowest BCUT2D eigenvalue weighted by Crippen LogP contribution is -2.44. The Balaban J connectivity index is 1.75. The van der Waals surface area contributed by atoms with Gasteiger partial charge in [0.1, 0.15) is 33.5 Å². The van der Waals surface area contributed by atoms with Gasteiger partial charge < -0.3 is 14.4 Å². The molecule has 12 heteroatoms. The van der Waals surface area contributed by atoms with Gasteiger partial charge in [-0.1, -0.05) is 17.4 Å². The van der Waals surface area contributed by atoms with Crippen molar-refractivity contribution in [3.63, 3.8) is 0 Å². The lowest BCUT2D eigenvalue weighted by molar-refractivity contribution is -0.129. The first-order chi connectivity index (χ1) is 19.3. The molecule has 0 unspecified atom stereocenters. The van der Waals surface area contributed by atoms with E-state index in [9.17, 15) is 18.8 Å². The number of amides is 1. The van der Waals surface area contributed by atoms with Crippen LogP contribution in [0.4, 0.5) is 4.39 Å². The zero-order chi connectivity index (χ0) is 28.6. The number of thiophene rings is 1. The fourth-order valence-corrected chi connectivity index (χ4v) is 6.34. The maximum atomic E-state index is 14.4. The largest absolute Gasteiger partial charge is 0.496 e. The smallest absolute Gasteiger partial charge is 0.332 e. The Hall–Kier alpha value is -4.03. The summed E-state index contributed by atoms with van der Waals surface area (Å²) in [5, 5.41) is 5.31. The van der Waals surface area contributed by atoms with Crippen molar-refractivity contribution in [1.29, 1.82) is 0 Å². The van der Waals surface area contributed by atoms with Crippen molar-refractivity contribution in [2.75, 3.05) is 27.3 Å². The number of hydrogen-bond acceptors (Lipinski definition) is 7. The zero-order valence-corrected chi connectivity index (χ0v) is 23.3. The normalized spacial score (nSPS) is 16.1. The molecule has 1 aliphatic rings. The molecule has 210 valence electrons.